The molecule has 8 rings (SSSR count). The molecule has 0 bridgehead atoms. The van der Waals surface area contributed by atoms with Crippen LogP contribution >= 0.6 is 19.2 Å². The van der Waals surface area contributed by atoms with E-state index >= 15 is 4.39 Å². The summed E-state index contributed by atoms with van der Waals surface area (Å²) < 4.78 is 45.2. The van der Waals surface area contributed by atoms with Crippen molar-refractivity contribution in [3.63, 3.8) is 0 Å². The Bertz CT molecular complexity index is 2520. The van der Waals surface area contributed by atoms with Crippen LogP contribution < -0.4 is 35.8 Å². The number of carbonyl (C=O) groups is 4. The summed E-state index contributed by atoms with van der Waals surface area (Å²) in [5.74, 6) is -1.58. The highest BCUT2D eigenvalue weighted by Gasteiger charge is 2.46. The lowest BCUT2D eigenvalue weighted by Gasteiger charge is -2.47. The van der Waals surface area contributed by atoms with E-state index < -0.39 is 43.1 Å². The molecular formula is C44H50ClFN9O8P. The van der Waals surface area contributed by atoms with Crippen LogP contribution in [0, 0.1) is 11.7 Å². The highest BCUT2D eigenvalue weighted by atomic mass is 35.5. The number of aromatic nitrogens is 2. The van der Waals surface area contributed by atoms with E-state index in [2.05, 4.69) is 49.6 Å². The molecule has 17 nitrogen and oxygen atoms in total. The Balaban J connectivity index is 0.872. The summed E-state index contributed by atoms with van der Waals surface area (Å²) >= 11 is 6.49. The number of rotatable bonds is 13. The highest BCUT2D eigenvalue weighted by molar-refractivity contribution is 7.62. The van der Waals surface area contributed by atoms with Crippen molar-refractivity contribution in [1.29, 1.82) is 0 Å². The molecule has 0 radical (unpaired) electrons. The zero-order valence-corrected chi connectivity index (χ0v) is 37.7. The first kappa shape index (κ1) is 44.9. The highest BCUT2D eigenvalue weighted by Crippen LogP contribution is 2.47. The molecular weight excluding hydrogens is 868 g/mol. The summed E-state index contributed by atoms with van der Waals surface area (Å²) in [5.41, 5.74) is 2.35. The second-order valence-electron chi connectivity index (χ2n) is 16.4. The topological polar surface area (TPSA) is 188 Å². The first-order chi connectivity index (χ1) is 30.7. The predicted octanol–water partition coefficient (Wildman–Crippen LogP) is 6.09. The molecule has 3 N–H and O–H groups in total. The molecule has 3 fully saturated rings. The number of carbonyl (C=O) groups excluding carboxylic acids is 4. The van der Waals surface area contributed by atoms with Gasteiger partial charge in [0.15, 0.2) is 5.82 Å². The Morgan fingerprint density at radius 3 is 2.23 bits per heavy atom. The van der Waals surface area contributed by atoms with Crippen LogP contribution in [0.2, 0.25) is 5.02 Å². The van der Waals surface area contributed by atoms with E-state index in [1.165, 1.54) is 26.5 Å². The third-order valence-corrected chi connectivity index (χ3v) is 14.7. The lowest BCUT2D eigenvalue weighted by molar-refractivity contribution is -0.136. The van der Waals surface area contributed by atoms with E-state index in [0.717, 1.165) is 49.1 Å². The number of para-hydroxylation sites is 1. The van der Waals surface area contributed by atoms with Crippen molar-refractivity contribution in [2.45, 2.75) is 57.7 Å². The zero-order valence-electron chi connectivity index (χ0n) is 36.1. The average molecular weight is 918 g/mol. The van der Waals surface area contributed by atoms with Crippen molar-refractivity contribution in [1.82, 2.24) is 25.1 Å². The zero-order chi connectivity index (χ0) is 45.4. The summed E-state index contributed by atoms with van der Waals surface area (Å²) in [6, 6.07) is 14.4. The molecule has 64 heavy (non-hydrogen) atoms. The van der Waals surface area contributed by atoms with Crippen LogP contribution in [0.25, 0.3) is 0 Å². The number of ether oxygens (including phenoxy) is 1. The number of amides is 4. The molecule has 4 amide bonds. The van der Waals surface area contributed by atoms with Crippen molar-refractivity contribution >= 4 is 82.6 Å². The lowest BCUT2D eigenvalue weighted by atomic mass is 9.93. The summed E-state index contributed by atoms with van der Waals surface area (Å²) in [5, 5.41) is 9.13. The minimum absolute atomic E-state index is 0.00578. The number of methoxy groups -OCH3 is 1. The maximum Gasteiger partial charge on any atom is 0.362 e. The number of nitrogens with one attached hydrogen (secondary N) is 3. The molecule has 0 spiro atoms. The van der Waals surface area contributed by atoms with Crippen LogP contribution in [0.5, 0.6) is 5.75 Å². The smallest absolute Gasteiger partial charge is 0.362 e. The van der Waals surface area contributed by atoms with Gasteiger partial charge < -0.3 is 34.2 Å². The lowest BCUT2D eigenvalue weighted by Crippen LogP contribution is -2.58. The number of piperazine rings is 1. The van der Waals surface area contributed by atoms with Crippen LogP contribution in [-0.2, 0) is 23.2 Å². The van der Waals surface area contributed by atoms with E-state index in [1.807, 2.05) is 23.1 Å². The Morgan fingerprint density at radius 1 is 0.875 bits per heavy atom. The molecule has 3 saturated heterocycles. The van der Waals surface area contributed by atoms with Gasteiger partial charge in [-0.05, 0) is 75.4 Å². The minimum atomic E-state index is -3.59. The van der Waals surface area contributed by atoms with Crippen molar-refractivity contribution in [3.05, 3.63) is 82.8 Å². The van der Waals surface area contributed by atoms with Gasteiger partial charge in [-0.25, -0.2) is 9.37 Å². The minimum Gasteiger partial charge on any atom is -0.494 e. The van der Waals surface area contributed by atoms with Crippen molar-refractivity contribution < 1.29 is 41.9 Å². The number of hydrogen-bond donors (Lipinski definition) is 3. The largest absolute Gasteiger partial charge is 0.494 e. The average Bonchev–Trinajstić information content (AvgIpc) is 3.52. The van der Waals surface area contributed by atoms with Crippen LogP contribution in [0.3, 0.4) is 0 Å². The molecule has 0 saturated carbocycles. The maximum absolute atomic E-state index is 15.7. The predicted molar refractivity (Wildman–Crippen MR) is 240 cm³/mol. The van der Waals surface area contributed by atoms with Gasteiger partial charge in [0.2, 0.25) is 17.8 Å². The molecule has 0 aliphatic carbocycles. The van der Waals surface area contributed by atoms with Gasteiger partial charge in [0, 0.05) is 77.2 Å². The number of nitrogens with zero attached hydrogens (tertiary/aromatic N) is 6. The van der Waals surface area contributed by atoms with Crippen LogP contribution in [-0.4, -0.2) is 116 Å². The number of fused-ring (bicyclic) bond motifs is 1. The molecule has 1 aromatic heterocycles. The van der Waals surface area contributed by atoms with Gasteiger partial charge in [0.1, 0.15) is 22.6 Å². The number of benzene rings is 3. The van der Waals surface area contributed by atoms with Crippen molar-refractivity contribution in [2.24, 2.45) is 5.92 Å². The fourth-order valence-electron chi connectivity index (χ4n) is 9.14. The first-order valence-corrected chi connectivity index (χ1v) is 23.0. The molecule has 338 valence electrons. The van der Waals surface area contributed by atoms with Gasteiger partial charge in [0.25, 0.3) is 11.8 Å². The normalized spacial score (nSPS) is 21.0. The van der Waals surface area contributed by atoms with E-state index in [1.54, 1.807) is 31.4 Å². The molecule has 3 unspecified atom stereocenters. The van der Waals surface area contributed by atoms with E-state index in [-0.39, 0.29) is 58.5 Å². The number of hydrogen-bond acceptors (Lipinski definition) is 15. The van der Waals surface area contributed by atoms with Gasteiger partial charge >= 0.3 is 7.60 Å². The quantitative estimate of drug-likeness (QED) is 0.103. The van der Waals surface area contributed by atoms with Crippen LogP contribution in [0.4, 0.5) is 38.9 Å². The molecule has 20 heteroatoms. The van der Waals surface area contributed by atoms with Gasteiger partial charge in [-0.15, -0.1) is 0 Å². The Hall–Kier alpha value is -5.65. The molecule has 4 aromatic rings. The van der Waals surface area contributed by atoms with Crippen molar-refractivity contribution in [3.8, 4) is 5.75 Å². The van der Waals surface area contributed by atoms with Gasteiger partial charge in [0.05, 0.1) is 46.8 Å². The van der Waals surface area contributed by atoms with Gasteiger partial charge in [-0.2, -0.15) is 4.98 Å². The molecule has 4 aliphatic heterocycles. The number of halogens is 2. The van der Waals surface area contributed by atoms with Crippen molar-refractivity contribution in [2.75, 3.05) is 74.5 Å². The second-order valence-corrected chi connectivity index (χ2v) is 19.0. The van der Waals surface area contributed by atoms with E-state index in [9.17, 15) is 23.7 Å². The van der Waals surface area contributed by atoms with Crippen LogP contribution in [0.15, 0.2) is 60.8 Å². The Labute approximate surface area is 375 Å². The fraction of sp³-hybridized carbons (Fsp3) is 0.409. The number of anilines is 6. The van der Waals surface area contributed by atoms with Gasteiger partial charge in [-0.1, -0.05) is 23.7 Å². The van der Waals surface area contributed by atoms with Crippen LogP contribution in [0.1, 0.15) is 60.2 Å². The summed E-state index contributed by atoms with van der Waals surface area (Å²) in [7, 11) is 0.653. The summed E-state index contributed by atoms with van der Waals surface area (Å²) in [6.45, 7) is 7.88. The van der Waals surface area contributed by atoms with E-state index in [0.29, 0.717) is 41.4 Å². The SMILES string of the molecule is COc1cc(N2CCC(CN3C(C)CN(c4cc5c(cc4F)C(=O)N(C4CCC(=O)NC4=O)C5=O)CC3C)CC2)ccc1Nc1ncc(Cl)c(Nc2ccccc2P(=O)(OC)OC)n1. The molecule has 3 atom stereocenters. The first-order valence-electron chi connectivity index (χ1n) is 21.1. The maximum atomic E-state index is 15.7. The number of imide groups is 2. The monoisotopic (exact) mass is 917 g/mol. The number of piperidine rings is 2. The summed E-state index contributed by atoms with van der Waals surface area (Å²) in [6.07, 6.45) is 3.45. The third kappa shape index (κ3) is 8.76. The molecule has 5 heterocycles. The molecule has 3 aromatic carbocycles. The fourth-order valence-corrected chi connectivity index (χ4v) is 10.5. The third-order valence-electron chi connectivity index (χ3n) is 12.5. The van der Waals surface area contributed by atoms with E-state index in [4.69, 9.17) is 25.4 Å². The second kappa shape index (κ2) is 18.4. The summed E-state index contributed by atoms with van der Waals surface area (Å²) in [4.78, 5) is 67.5. The molecule has 4 aliphatic rings. The Kier molecular flexibility index (Phi) is 13.0. The van der Waals surface area contributed by atoms with Gasteiger partial charge in [-0.3, -0.25) is 38.9 Å². The standard InChI is InChI=1S/C44H50ClFN9O8P/c1-25-22-53(36-20-30-29(19-32(36)46)42(58)55(43(30)59)35-12-13-39(56)50-41(35)57)23-26(2)54(25)24-27-14-16-52(17-15-27)28-10-11-33(37(18-28)61-3)49-44-47-21-31(45)40(51-44)48-34-8-6-7-9-38(34)64(60,62-4)63-5/h6-11,18-21,25-27,35H,12-17,22-24H2,1-5H3,(H,50,56,57)(H2,47,48,49,51). The Morgan fingerprint density at radius 2 is 1.56 bits per heavy atom.